The van der Waals surface area contributed by atoms with Gasteiger partial charge in [-0.05, 0) is 35.7 Å². The molecule has 2 aromatic carbocycles. The molecule has 1 heterocycles. The van der Waals surface area contributed by atoms with Crippen molar-refractivity contribution in [1.82, 2.24) is 4.98 Å². The number of aryl methyl sites for hydroxylation is 1. The third kappa shape index (κ3) is 5.56. The Labute approximate surface area is 178 Å². The monoisotopic (exact) mass is 429 g/mol. The molecule has 150 valence electrons. The predicted molar refractivity (Wildman–Crippen MR) is 116 cm³/mol. The van der Waals surface area contributed by atoms with Crippen LogP contribution in [0, 0.1) is 0 Å². The summed E-state index contributed by atoms with van der Waals surface area (Å²) in [4.78, 5) is 16.6. The van der Waals surface area contributed by atoms with Crippen LogP contribution in [0.2, 0.25) is 5.02 Å². The maximum atomic E-state index is 11.8. The highest BCUT2D eigenvalue weighted by Gasteiger charge is 2.17. The highest BCUT2D eigenvalue weighted by Crippen LogP contribution is 2.26. The molecule has 8 heteroatoms. The molecule has 0 fully saturated rings. The molecule has 0 aliphatic rings. The Hall–Kier alpha value is -2.90. The summed E-state index contributed by atoms with van der Waals surface area (Å²) in [7, 11) is 1.35. The van der Waals surface area contributed by atoms with Crippen molar-refractivity contribution in [1.29, 1.82) is 0 Å². The van der Waals surface area contributed by atoms with E-state index in [0.29, 0.717) is 39.5 Å². The van der Waals surface area contributed by atoms with E-state index < -0.39 is 5.97 Å². The lowest BCUT2D eigenvalue weighted by molar-refractivity contribution is 0.0605. The number of methoxy groups -OCH3 is 1. The summed E-state index contributed by atoms with van der Waals surface area (Å²) < 4.78 is 10.5. The molecule has 1 N–H and O–H groups in total. The number of hydrogen-bond donors (Lipinski definition) is 1. The molecule has 0 radical (unpaired) electrons. The van der Waals surface area contributed by atoms with Gasteiger partial charge in [0, 0.05) is 0 Å². The Morgan fingerprint density at radius 2 is 2.07 bits per heavy atom. The van der Waals surface area contributed by atoms with E-state index in [-0.39, 0.29) is 0 Å². The van der Waals surface area contributed by atoms with Gasteiger partial charge in [0.1, 0.15) is 17.2 Å². The number of esters is 1. The number of ether oxygens (including phenoxy) is 2. The number of hydrogen-bond acceptors (Lipinski definition) is 7. The van der Waals surface area contributed by atoms with Gasteiger partial charge < -0.3 is 9.47 Å². The fraction of sp³-hybridized carbons (Fsp3) is 0.190. The minimum absolute atomic E-state index is 0.394. The number of aromatic nitrogens is 1. The second-order valence-corrected chi connectivity index (χ2v) is 7.38. The van der Waals surface area contributed by atoms with Crippen LogP contribution in [0.5, 0.6) is 5.75 Å². The number of benzene rings is 2. The van der Waals surface area contributed by atoms with Crippen LogP contribution in [-0.2, 0) is 17.8 Å². The summed E-state index contributed by atoms with van der Waals surface area (Å²) in [6.07, 6.45) is 2.25. The highest BCUT2D eigenvalue weighted by atomic mass is 35.5. The molecule has 6 nitrogen and oxygen atoms in total. The predicted octanol–water partition coefficient (Wildman–Crippen LogP) is 5.17. The van der Waals surface area contributed by atoms with E-state index >= 15 is 0 Å². The number of nitrogens with zero attached hydrogens (tertiary/aromatic N) is 2. The van der Waals surface area contributed by atoms with Crippen LogP contribution in [0.25, 0.3) is 0 Å². The SMILES string of the molecule is CCc1nc(N/N=C\c2ccc(OCc3ccccc3)c(Cl)c2)sc1C(=O)OC. The molecular weight excluding hydrogens is 410 g/mol. The summed E-state index contributed by atoms with van der Waals surface area (Å²) in [5.41, 5.74) is 5.40. The van der Waals surface area contributed by atoms with Crippen LogP contribution in [0.15, 0.2) is 53.6 Å². The maximum absolute atomic E-state index is 11.8. The van der Waals surface area contributed by atoms with E-state index in [9.17, 15) is 4.79 Å². The summed E-state index contributed by atoms with van der Waals surface area (Å²) in [6.45, 7) is 2.37. The maximum Gasteiger partial charge on any atom is 0.350 e. The molecule has 0 saturated carbocycles. The first-order chi connectivity index (χ1) is 14.1. The minimum Gasteiger partial charge on any atom is -0.487 e. The van der Waals surface area contributed by atoms with Crippen LogP contribution >= 0.6 is 22.9 Å². The molecule has 0 aliphatic carbocycles. The van der Waals surface area contributed by atoms with Crippen LogP contribution in [0.3, 0.4) is 0 Å². The topological polar surface area (TPSA) is 72.8 Å². The number of rotatable bonds is 8. The van der Waals surface area contributed by atoms with E-state index in [1.165, 1.54) is 18.4 Å². The van der Waals surface area contributed by atoms with Crippen LogP contribution < -0.4 is 10.2 Å². The summed E-state index contributed by atoms with van der Waals surface area (Å²) in [5.74, 6) is 0.213. The number of anilines is 1. The van der Waals surface area contributed by atoms with E-state index in [1.54, 1.807) is 18.3 Å². The van der Waals surface area contributed by atoms with Gasteiger partial charge in [-0.2, -0.15) is 5.10 Å². The van der Waals surface area contributed by atoms with Gasteiger partial charge in [0.05, 0.1) is 24.0 Å². The Morgan fingerprint density at radius 3 is 2.76 bits per heavy atom. The first-order valence-corrected chi connectivity index (χ1v) is 10.1. The molecule has 1 aromatic heterocycles. The van der Waals surface area contributed by atoms with Gasteiger partial charge >= 0.3 is 5.97 Å². The second kappa shape index (κ2) is 10.0. The van der Waals surface area contributed by atoms with Gasteiger partial charge in [-0.25, -0.2) is 9.78 Å². The molecular formula is C21H20ClN3O3S. The first kappa shape index (κ1) is 20.8. The van der Waals surface area contributed by atoms with E-state index in [2.05, 4.69) is 15.5 Å². The fourth-order valence-corrected chi connectivity index (χ4v) is 3.67. The number of nitrogens with one attached hydrogen (secondary N) is 1. The third-order valence-electron chi connectivity index (χ3n) is 3.97. The van der Waals surface area contributed by atoms with Crippen molar-refractivity contribution >= 4 is 40.3 Å². The number of halogens is 1. The van der Waals surface area contributed by atoms with Crippen molar-refractivity contribution in [3.63, 3.8) is 0 Å². The minimum atomic E-state index is -0.394. The standard InChI is InChI=1S/C21H20ClN3O3S/c1-3-17-19(20(26)27-2)29-21(24-17)25-23-12-15-9-10-18(16(22)11-15)28-13-14-7-5-4-6-8-14/h4-12H,3,13H2,1-2H3,(H,24,25)/b23-12-. The normalized spacial score (nSPS) is 10.9. The lowest BCUT2D eigenvalue weighted by Crippen LogP contribution is -2.01. The van der Waals surface area contributed by atoms with Crippen molar-refractivity contribution in [3.8, 4) is 5.75 Å². The van der Waals surface area contributed by atoms with Gasteiger partial charge in [-0.15, -0.1) is 0 Å². The Kier molecular flexibility index (Phi) is 7.21. The number of carbonyl (C=O) groups excluding carboxylic acids is 1. The molecule has 3 aromatic rings. The molecule has 0 atom stereocenters. The van der Waals surface area contributed by atoms with E-state index in [1.807, 2.05) is 43.3 Å². The lowest BCUT2D eigenvalue weighted by atomic mass is 10.2. The van der Waals surface area contributed by atoms with Gasteiger partial charge in [-0.3, -0.25) is 5.43 Å². The van der Waals surface area contributed by atoms with Gasteiger partial charge in [0.25, 0.3) is 0 Å². The van der Waals surface area contributed by atoms with E-state index in [0.717, 1.165) is 11.1 Å². The number of carbonyl (C=O) groups is 1. The second-order valence-electron chi connectivity index (χ2n) is 5.97. The van der Waals surface area contributed by atoms with Crippen molar-refractivity contribution in [3.05, 3.63) is 75.3 Å². The number of thiazole rings is 1. The van der Waals surface area contributed by atoms with Crippen molar-refractivity contribution < 1.29 is 14.3 Å². The zero-order chi connectivity index (χ0) is 20.6. The molecule has 3 rings (SSSR count). The van der Waals surface area contributed by atoms with Crippen LogP contribution in [0.4, 0.5) is 5.13 Å². The molecule has 0 unspecified atom stereocenters. The molecule has 0 spiro atoms. The Morgan fingerprint density at radius 1 is 1.28 bits per heavy atom. The largest absolute Gasteiger partial charge is 0.487 e. The fourth-order valence-electron chi connectivity index (χ4n) is 2.50. The first-order valence-electron chi connectivity index (χ1n) is 8.94. The molecule has 29 heavy (non-hydrogen) atoms. The summed E-state index contributed by atoms with van der Waals surface area (Å²) in [6, 6.07) is 15.3. The van der Waals surface area contributed by atoms with Crippen LogP contribution in [0.1, 0.15) is 33.4 Å². The molecule has 0 bridgehead atoms. The van der Waals surface area contributed by atoms with Crippen molar-refractivity contribution in [2.75, 3.05) is 12.5 Å². The lowest BCUT2D eigenvalue weighted by Gasteiger charge is -2.08. The van der Waals surface area contributed by atoms with Crippen molar-refractivity contribution in [2.24, 2.45) is 5.10 Å². The zero-order valence-corrected chi connectivity index (χ0v) is 17.6. The van der Waals surface area contributed by atoms with Gasteiger partial charge in [0.15, 0.2) is 0 Å². The highest BCUT2D eigenvalue weighted by molar-refractivity contribution is 7.17. The van der Waals surface area contributed by atoms with Gasteiger partial charge in [0.2, 0.25) is 5.13 Å². The molecule has 0 amide bonds. The summed E-state index contributed by atoms with van der Waals surface area (Å²) >= 11 is 7.52. The Balaban J connectivity index is 1.62. The summed E-state index contributed by atoms with van der Waals surface area (Å²) in [5, 5.41) is 5.19. The Bertz CT molecular complexity index is 1010. The van der Waals surface area contributed by atoms with Crippen molar-refractivity contribution in [2.45, 2.75) is 20.0 Å². The zero-order valence-electron chi connectivity index (χ0n) is 16.0. The quantitative estimate of drug-likeness (QED) is 0.304. The smallest absolute Gasteiger partial charge is 0.350 e. The molecule has 0 saturated heterocycles. The molecule has 0 aliphatic heterocycles. The average molecular weight is 430 g/mol. The van der Waals surface area contributed by atoms with Gasteiger partial charge in [-0.1, -0.05) is 60.2 Å². The average Bonchev–Trinajstić information content (AvgIpc) is 3.16. The van der Waals surface area contributed by atoms with Crippen LogP contribution in [-0.4, -0.2) is 24.3 Å². The third-order valence-corrected chi connectivity index (χ3v) is 5.25. The number of hydrazone groups is 1. The van der Waals surface area contributed by atoms with E-state index in [4.69, 9.17) is 21.1 Å².